The number of hydrogen-bond donors (Lipinski definition) is 2. The molecule has 0 heterocycles. The zero-order valence-electron chi connectivity index (χ0n) is 18.6. The highest BCUT2D eigenvalue weighted by Gasteiger charge is 2.41. The van der Waals surface area contributed by atoms with Crippen LogP contribution in [0.15, 0.2) is 78.9 Å². The van der Waals surface area contributed by atoms with Crippen LogP contribution in [0.25, 0.3) is 0 Å². The number of rotatable bonds is 8. The third-order valence-corrected chi connectivity index (χ3v) is 4.86. The van der Waals surface area contributed by atoms with Gasteiger partial charge in [-0.2, -0.15) is 0 Å². The Balaban J connectivity index is 1.89. The molecule has 1 amide bonds. The van der Waals surface area contributed by atoms with Crippen molar-refractivity contribution in [2.75, 3.05) is 5.32 Å². The maximum Gasteiger partial charge on any atom is 0.349 e. The van der Waals surface area contributed by atoms with Crippen LogP contribution in [0.5, 0.6) is 0 Å². The van der Waals surface area contributed by atoms with E-state index < -0.39 is 36.0 Å². The number of esters is 2. The van der Waals surface area contributed by atoms with E-state index in [1.807, 2.05) is 13.8 Å². The quantitative estimate of drug-likeness (QED) is 0.490. The minimum atomic E-state index is -2.09. The third-order valence-electron chi connectivity index (χ3n) is 4.86. The molecule has 0 saturated carbocycles. The number of carboxylic acid groups (broad SMARTS) is 1. The van der Waals surface area contributed by atoms with Crippen molar-refractivity contribution in [3.05, 3.63) is 101 Å². The smallest absolute Gasteiger partial charge is 0.349 e. The minimum Gasteiger partial charge on any atom is -0.478 e. The van der Waals surface area contributed by atoms with Crippen LogP contribution in [-0.4, -0.2) is 41.1 Å². The molecule has 3 aromatic carbocycles. The van der Waals surface area contributed by atoms with E-state index in [1.165, 1.54) is 24.3 Å². The van der Waals surface area contributed by atoms with Crippen molar-refractivity contribution >= 4 is 29.5 Å². The normalized spacial score (nSPS) is 12.2. The molecule has 8 heteroatoms. The molecule has 0 aliphatic heterocycles. The van der Waals surface area contributed by atoms with E-state index in [0.717, 1.165) is 11.1 Å². The summed E-state index contributed by atoms with van der Waals surface area (Å²) in [4.78, 5) is 50.3. The Bertz CT molecular complexity index is 1170. The molecule has 0 saturated heterocycles. The molecule has 0 unspecified atom stereocenters. The molecule has 0 fully saturated rings. The summed E-state index contributed by atoms with van der Waals surface area (Å²) in [6.07, 6.45) is -4.05. The van der Waals surface area contributed by atoms with Crippen molar-refractivity contribution in [3.63, 3.8) is 0 Å². The molecule has 0 aliphatic rings. The Kier molecular flexibility index (Phi) is 7.76. The highest BCUT2D eigenvalue weighted by Crippen LogP contribution is 2.16. The number of carbonyl (C=O) groups excluding carboxylic acids is 3. The van der Waals surface area contributed by atoms with Crippen LogP contribution >= 0.6 is 0 Å². The molecule has 0 radical (unpaired) electrons. The number of aryl methyl sites for hydroxylation is 2. The van der Waals surface area contributed by atoms with Gasteiger partial charge in [0.15, 0.2) is 0 Å². The summed E-state index contributed by atoms with van der Waals surface area (Å²) in [5.74, 6) is -4.52. The van der Waals surface area contributed by atoms with Crippen LogP contribution in [0.1, 0.15) is 31.8 Å². The lowest BCUT2D eigenvalue weighted by Crippen LogP contribution is -2.48. The van der Waals surface area contributed by atoms with Gasteiger partial charge in [-0.1, -0.05) is 53.6 Å². The summed E-state index contributed by atoms with van der Waals surface area (Å²) in [7, 11) is 0. The van der Waals surface area contributed by atoms with Crippen LogP contribution in [0.3, 0.4) is 0 Å². The largest absolute Gasteiger partial charge is 0.478 e. The van der Waals surface area contributed by atoms with Gasteiger partial charge in [0.25, 0.3) is 5.91 Å². The number of carboxylic acids is 1. The molecule has 8 nitrogen and oxygen atoms in total. The average Bonchev–Trinajstić information content (AvgIpc) is 2.82. The molecular formula is C26H23NO7. The summed E-state index contributed by atoms with van der Waals surface area (Å²) < 4.78 is 10.4. The van der Waals surface area contributed by atoms with Gasteiger partial charge in [-0.3, -0.25) is 4.79 Å². The molecular weight excluding hydrogens is 438 g/mol. The fraction of sp³-hybridized carbons (Fsp3) is 0.154. The van der Waals surface area contributed by atoms with E-state index in [1.54, 1.807) is 54.6 Å². The Hall–Kier alpha value is -4.46. The maximum absolute atomic E-state index is 13.0. The molecule has 3 rings (SSSR count). The van der Waals surface area contributed by atoms with E-state index in [2.05, 4.69) is 5.32 Å². The number of aliphatic carboxylic acids is 1. The fourth-order valence-corrected chi connectivity index (χ4v) is 2.98. The molecule has 3 aromatic rings. The zero-order valence-corrected chi connectivity index (χ0v) is 18.6. The second-order valence-electron chi connectivity index (χ2n) is 7.58. The van der Waals surface area contributed by atoms with Crippen molar-refractivity contribution in [1.29, 1.82) is 0 Å². The number of benzene rings is 3. The fourth-order valence-electron chi connectivity index (χ4n) is 2.98. The van der Waals surface area contributed by atoms with Crippen molar-refractivity contribution in [2.45, 2.75) is 26.1 Å². The topological polar surface area (TPSA) is 119 Å². The second kappa shape index (κ2) is 10.9. The second-order valence-corrected chi connectivity index (χ2v) is 7.58. The number of amides is 1. The van der Waals surface area contributed by atoms with Crippen molar-refractivity contribution in [3.8, 4) is 0 Å². The first-order chi connectivity index (χ1) is 16.2. The predicted molar refractivity (Wildman–Crippen MR) is 123 cm³/mol. The van der Waals surface area contributed by atoms with Crippen molar-refractivity contribution < 1.29 is 33.8 Å². The lowest BCUT2D eigenvalue weighted by Gasteiger charge is -2.23. The first-order valence-corrected chi connectivity index (χ1v) is 10.4. The van der Waals surface area contributed by atoms with Gasteiger partial charge in [0.05, 0.1) is 11.1 Å². The molecule has 34 heavy (non-hydrogen) atoms. The molecule has 0 aliphatic carbocycles. The van der Waals surface area contributed by atoms with Gasteiger partial charge in [-0.15, -0.1) is 0 Å². The first kappa shape index (κ1) is 24.2. The van der Waals surface area contributed by atoms with Gasteiger partial charge in [0, 0.05) is 5.69 Å². The van der Waals surface area contributed by atoms with Gasteiger partial charge in [-0.25, -0.2) is 14.4 Å². The summed E-state index contributed by atoms with van der Waals surface area (Å²) in [6, 6.07) is 20.8. The average molecular weight is 461 g/mol. The minimum absolute atomic E-state index is 0.0870. The Morgan fingerprint density at radius 3 is 1.56 bits per heavy atom. The van der Waals surface area contributed by atoms with Crippen LogP contribution in [0.4, 0.5) is 5.69 Å². The highest BCUT2D eigenvalue weighted by molar-refractivity contribution is 6.01. The number of hydrogen-bond acceptors (Lipinski definition) is 6. The lowest BCUT2D eigenvalue weighted by molar-refractivity contribution is -0.157. The van der Waals surface area contributed by atoms with Gasteiger partial charge in [0.2, 0.25) is 12.2 Å². The first-order valence-electron chi connectivity index (χ1n) is 10.4. The SMILES string of the molecule is Cc1ccc(C(=O)O[C@H](C(=O)O)[C@@H](OC(=O)c2ccc(C)cc2)C(=O)Nc2ccccc2)cc1. The van der Waals surface area contributed by atoms with Gasteiger partial charge >= 0.3 is 17.9 Å². The third kappa shape index (κ3) is 6.29. The number of para-hydroxylation sites is 1. The molecule has 0 spiro atoms. The lowest BCUT2D eigenvalue weighted by atomic mass is 10.1. The van der Waals surface area contributed by atoms with E-state index in [4.69, 9.17) is 9.47 Å². The van der Waals surface area contributed by atoms with Crippen molar-refractivity contribution in [2.24, 2.45) is 0 Å². The molecule has 2 N–H and O–H groups in total. The standard InChI is InChI=1S/C26H23NO7/c1-16-8-12-18(13-9-16)25(31)33-21(23(28)27-20-6-4-3-5-7-20)22(24(29)30)34-26(32)19-14-10-17(2)11-15-19/h3-15,21-22H,1-2H3,(H,27,28)(H,29,30)/t21-,22+/m1/s1. The summed E-state index contributed by atoms with van der Waals surface area (Å²) in [6.45, 7) is 3.65. The van der Waals surface area contributed by atoms with Crippen LogP contribution < -0.4 is 5.32 Å². The Morgan fingerprint density at radius 2 is 1.12 bits per heavy atom. The number of nitrogens with one attached hydrogen (secondary N) is 1. The van der Waals surface area contributed by atoms with Crippen LogP contribution in [0.2, 0.25) is 0 Å². The highest BCUT2D eigenvalue weighted by atomic mass is 16.6. The monoisotopic (exact) mass is 461 g/mol. The molecule has 0 bridgehead atoms. The maximum atomic E-state index is 13.0. The Morgan fingerprint density at radius 1 is 0.676 bits per heavy atom. The van der Waals surface area contributed by atoms with E-state index in [0.29, 0.717) is 5.69 Å². The van der Waals surface area contributed by atoms with E-state index in [-0.39, 0.29) is 11.1 Å². The molecule has 0 aromatic heterocycles. The van der Waals surface area contributed by atoms with Gasteiger partial charge in [-0.05, 0) is 50.2 Å². The van der Waals surface area contributed by atoms with Gasteiger partial charge in [0.1, 0.15) is 0 Å². The summed E-state index contributed by atoms with van der Waals surface area (Å²) in [5.41, 5.74) is 2.32. The van der Waals surface area contributed by atoms with Gasteiger partial charge < -0.3 is 19.9 Å². The predicted octanol–water partition coefficient (Wildman–Crippen LogP) is 3.78. The number of carbonyl (C=O) groups is 4. The van der Waals surface area contributed by atoms with Crippen LogP contribution in [0, 0.1) is 13.8 Å². The zero-order chi connectivity index (χ0) is 24.7. The summed E-state index contributed by atoms with van der Waals surface area (Å²) >= 11 is 0. The molecule has 2 atom stereocenters. The Labute approximate surface area is 196 Å². The van der Waals surface area contributed by atoms with E-state index in [9.17, 15) is 24.3 Å². The van der Waals surface area contributed by atoms with Crippen molar-refractivity contribution in [1.82, 2.24) is 0 Å². The van der Waals surface area contributed by atoms with E-state index >= 15 is 0 Å². The number of ether oxygens (including phenoxy) is 2. The summed E-state index contributed by atoms with van der Waals surface area (Å²) in [5, 5.41) is 12.3. The molecule has 174 valence electrons. The van der Waals surface area contributed by atoms with Crippen LogP contribution in [-0.2, 0) is 19.1 Å². The number of anilines is 1.